The number of halogens is 2. The number of nitrogens with zero attached hydrogens (tertiary/aromatic N) is 2. The topological polar surface area (TPSA) is 79.7 Å². The van der Waals surface area contributed by atoms with E-state index in [0.29, 0.717) is 34.2 Å². The molecule has 1 unspecified atom stereocenters. The summed E-state index contributed by atoms with van der Waals surface area (Å²) in [5.41, 5.74) is 0.989. The molecule has 2 heterocycles. The standard InChI is InChI=1S/C20H18Cl2N2O4/c1-28-10-2-9-24-17(13-3-4-14(21)15(22)11-13)16(19(26)20(24)27)18(25)12-5-7-23-8-6-12/h3-8,11,17,25H,2,9-10H2,1H3. The van der Waals surface area contributed by atoms with Gasteiger partial charge >= 0.3 is 0 Å². The lowest BCUT2D eigenvalue weighted by atomic mass is 9.95. The Morgan fingerprint density at radius 3 is 2.54 bits per heavy atom. The predicted molar refractivity (Wildman–Crippen MR) is 106 cm³/mol. The van der Waals surface area contributed by atoms with Gasteiger partial charge in [-0.1, -0.05) is 29.3 Å². The van der Waals surface area contributed by atoms with E-state index in [-0.39, 0.29) is 17.9 Å². The molecule has 3 rings (SSSR count). The molecule has 1 N–H and O–H groups in total. The zero-order valence-corrected chi connectivity index (χ0v) is 16.6. The van der Waals surface area contributed by atoms with E-state index in [9.17, 15) is 14.7 Å². The lowest BCUT2D eigenvalue weighted by molar-refractivity contribution is -0.140. The van der Waals surface area contributed by atoms with Gasteiger partial charge in [-0.3, -0.25) is 14.6 Å². The molecule has 0 radical (unpaired) electrons. The Hall–Kier alpha value is -2.41. The molecule has 0 saturated carbocycles. The predicted octanol–water partition coefficient (Wildman–Crippen LogP) is 3.85. The molecule has 1 aliphatic heterocycles. The second-order valence-electron chi connectivity index (χ2n) is 6.25. The second-order valence-corrected chi connectivity index (χ2v) is 7.06. The quantitative estimate of drug-likeness (QED) is 0.332. The van der Waals surface area contributed by atoms with Gasteiger partial charge in [-0.15, -0.1) is 0 Å². The van der Waals surface area contributed by atoms with Crippen molar-refractivity contribution in [1.29, 1.82) is 0 Å². The van der Waals surface area contributed by atoms with E-state index >= 15 is 0 Å². The lowest BCUT2D eigenvalue weighted by Gasteiger charge is -2.25. The Labute approximate surface area is 172 Å². The van der Waals surface area contributed by atoms with E-state index in [1.807, 2.05) is 0 Å². The molecule has 1 amide bonds. The van der Waals surface area contributed by atoms with Crippen molar-refractivity contribution >= 4 is 40.7 Å². The first-order valence-corrected chi connectivity index (χ1v) is 9.34. The number of methoxy groups -OCH3 is 1. The van der Waals surface area contributed by atoms with Gasteiger partial charge in [0.1, 0.15) is 5.76 Å². The van der Waals surface area contributed by atoms with E-state index in [2.05, 4.69) is 4.98 Å². The fraction of sp³-hybridized carbons (Fsp3) is 0.250. The number of rotatable bonds is 6. The van der Waals surface area contributed by atoms with Gasteiger partial charge in [0.2, 0.25) is 0 Å². The number of pyridine rings is 1. The molecule has 0 aliphatic carbocycles. The number of ether oxygens (including phenoxy) is 1. The summed E-state index contributed by atoms with van der Waals surface area (Å²) in [4.78, 5) is 30.8. The molecule has 6 nitrogen and oxygen atoms in total. The summed E-state index contributed by atoms with van der Waals surface area (Å²) in [7, 11) is 1.56. The normalized spacial score (nSPS) is 18.7. The van der Waals surface area contributed by atoms with Crippen molar-refractivity contribution in [2.24, 2.45) is 0 Å². The Bertz CT molecular complexity index is 931. The van der Waals surface area contributed by atoms with Gasteiger partial charge in [-0.25, -0.2) is 0 Å². The average Bonchev–Trinajstić information content (AvgIpc) is 2.95. The molecule has 1 aromatic heterocycles. The Kier molecular flexibility index (Phi) is 6.34. The molecule has 1 saturated heterocycles. The molecular weight excluding hydrogens is 403 g/mol. The largest absolute Gasteiger partial charge is 0.507 e. The van der Waals surface area contributed by atoms with Gasteiger partial charge < -0.3 is 14.7 Å². The first kappa shape index (κ1) is 20.3. The molecule has 8 heteroatoms. The monoisotopic (exact) mass is 420 g/mol. The number of ketones is 1. The van der Waals surface area contributed by atoms with E-state index in [1.54, 1.807) is 37.4 Å². The number of aliphatic hydroxyl groups excluding tert-OH is 1. The van der Waals surface area contributed by atoms with Crippen molar-refractivity contribution in [2.75, 3.05) is 20.3 Å². The number of Topliss-reactive ketones (excluding diaryl/α,β-unsaturated/α-hetero) is 1. The molecule has 0 bridgehead atoms. The smallest absolute Gasteiger partial charge is 0.295 e. The molecular formula is C20H18Cl2N2O4. The van der Waals surface area contributed by atoms with Gasteiger partial charge in [-0.2, -0.15) is 0 Å². The van der Waals surface area contributed by atoms with Crippen LogP contribution in [0.3, 0.4) is 0 Å². The lowest BCUT2D eigenvalue weighted by Crippen LogP contribution is -2.31. The van der Waals surface area contributed by atoms with Gasteiger partial charge in [-0.05, 0) is 36.2 Å². The highest BCUT2D eigenvalue weighted by Gasteiger charge is 2.45. The number of hydrogen-bond donors (Lipinski definition) is 1. The minimum Gasteiger partial charge on any atom is -0.507 e. The van der Waals surface area contributed by atoms with Gasteiger partial charge in [0.05, 0.1) is 21.7 Å². The van der Waals surface area contributed by atoms with Crippen molar-refractivity contribution < 1.29 is 19.4 Å². The fourth-order valence-corrected chi connectivity index (χ4v) is 3.49. The van der Waals surface area contributed by atoms with Crippen LogP contribution in [0.25, 0.3) is 5.76 Å². The summed E-state index contributed by atoms with van der Waals surface area (Å²) in [6, 6.07) is 7.25. The maximum Gasteiger partial charge on any atom is 0.295 e. The number of carbonyl (C=O) groups is 2. The van der Waals surface area contributed by atoms with Crippen LogP contribution < -0.4 is 0 Å². The van der Waals surface area contributed by atoms with Gasteiger partial charge in [0, 0.05) is 38.2 Å². The van der Waals surface area contributed by atoms with Crippen LogP contribution in [-0.4, -0.2) is 46.9 Å². The maximum atomic E-state index is 12.8. The summed E-state index contributed by atoms with van der Waals surface area (Å²) in [5.74, 6) is -1.68. The average molecular weight is 421 g/mol. The number of likely N-dealkylation sites (tertiary alicyclic amines) is 1. The minimum atomic E-state index is -0.778. The maximum absolute atomic E-state index is 12.8. The molecule has 1 fully saturated rings. The van der Waals surface area contributed by atoms with E-state index in [0.717, 1.165) is 0 Å². The number of hydrogen-bond acceptors (Lipinski definition) is 5. The number of aromatic nitrogens is 1. The Morgan fingerprint density at radius 2 is 1.89 bits per heavy atom. The summed E-state index contributed by atoms with van der Waals surface area (Å²) in [6.07, 6.45) is 3.53. The van der Waals surface area contributed by atoms with Crippen LogP contribution in [0.15, 0.2) is 48.3 Å². The minimum absolute atomic E-state index is 0.00649. The van der Waals surface area contributed by atoms with Crippen molar-refractivity contribution in [3.63, 3.8) is 0 Å². The van der Waals surface area contributed by atoms with Crippen LogP contribution in [0.2, 0.25) is 10.0 Å². The highest BCUT2D eigenvalue weighted by atomic mass is 35.5. The molecule has 28 heavy (non-hydrogen) atoms. The SMILES string of the molecule is COCCCN1C(=O)C(=O)C(=C(O)c2ccncc2)C1c1ccc(Cl)c(Cl)c1. The number of amides is 1. The number of benzene rings is 1. The fourth-order valence-electron chi connectivity index (χ4n) is 3.18. The Balaban J connectivity index is 2.13. The van der Waals surface area contributed by atoms with Crippen LogP contribution in [0, 0.1) is 0 Å². The van der Waals surface area contributed by atoms with Crippen LogP contribution in [0.4, 0.5) is 0 Å². The number of aliphatic hydroxyl groups is 1. The van der Waals surface area contributed by atoms with Crippen molar-refractivity contribution in [2.45, 2.75) is 12.5 Å². The van der Waals surface area contributed by atoms with Crippen LogP contribution >= 0.6 is 23.2 Å². The van der Waals surface area contributed by atoms with Crippen molar-refractivity contribution in [3.8, 4) is 0 Å². The summed E-state index contributed by atoms with van der Waals surface area (Å²) < 4.78 is 5.05. The van der Waals surface area contributed by atoms with Gasteiger partial charge in [0.25, 0.3) is 11.7 Å². The molecule has 0 spiro atoms. The molecule has 1 aromatic carbocycles. The van der Waals surface area contributed by atoms with E-state index < -0.39 is 17.7 Å². The zero-order valence-electron chi connectivity index (χ0n) is 15.1. The van der Waals surface area contributed by atoms with E-state index in [1.165, 1.54) is 17.3 Å². The number of carbonyl (C=O) groups excluding carboxylic acids is 2. The first-order chi connectivity index (χ1) is 13.5. The molecule has 2 aromatic rings. The molecule has 146 valence electrons. The molecule has 1 aliphatic rings. The summed E-state index contributed by atoms with van der Waals surface area (Å²) in [6.45, 7) is 0.720. The van der Waals surface area contributed by atoms with Gasteiger partial charge in [0.15, 0.2) is 0 Å². The summed E-state index contributed by atoms with van der Waals surface area (Å²) in [5, 5.41) is 11.5. The van der Waals surface area contributed by atoms with Crippen molar-refractivity contribution in [1.82, 2.24) is 9.88 Å². The third kappa shape index (κ3) is 3.90. The zero-order chi connectivity index (χ0) is 20.3. The van der Waals surface area contributed by atoms with Crippen LogP contribution in [-0.2, 0) is 14.3 Å². The van der Waals surface area contributed by atoms with Crippen LogP contribution in [0.1, 0.15) is 23.6 Å². The van der Waals surface area contributed by atoms with E-state index in [4.69, 9.17) is 27.9 Å². The van der Waals surface area contributed by atoms with Crippen molar-refractivity contribution in [3.05, 3.63) is 69.5 Å². The highest BCUT2D eigenvalue weighted by molar-refractivity contribution is 6.46. The third-order valence-corrected chi connectivity index (χ3v) is 5.24. The second kappa shape index (κ2) is 8.73. The highest BCUT2D eigenvalue weighted by Crippen LogP contribution is 2.40. The third-order valence-electron chi connectivity index (χ3n) is 4.50. The van der Waals surface area contributed by atoms with Crippen LogP contribution in [0.5, 0.6) is 0 Å². The first-order valence-electron chi connectivity index (χ1n) is 8.58. The Morgan fingerprint density at radius 1 is 1.18 bits per heavy atom. The summed E-state index contributed by atoms with van der Waals surface area (Å²) >= 11 is 12.2. The molecule has 1 atom stereocenters.